The molecule has 1 amide bonds. The zero-order chi connectivity index (χ0) is 17.3. The molecule has 0 radical (unpaired) electrons. The fourth-order valence-electron chi connectivity index (χ4n) is 1.83. The van der Waals surface area contributed by atoms with Crippen molar-refractivity contribution in [1.29, 1.82) is 0 Å². The Hall–Kier alpha value is -2.09. The van der Waals surface area contributed by atoms with E-state index in [4.69, 9.17) is 11.6 Å². The average molecular weight is 348 g/mol. The number of halogens is 4. The van der Waals surface area contributed by atoms with Gasteiger partial charge in [0, 0.05) is 5.02 Å². The van der Waals surface area contributed by atoms with Gasteiger partial charge in [0.05, 0.1) is 12.0 Å². The fraction of sp³-hybridized carbons (Fsp3) is 0.357. The van der Waals surface area contributed by atoms with Crippen molar-refractivity contribution in [3.8, 4) is 0 Å². The monoisotopic (exact) mass is 347 g/mol. The lowest BCUT2D eigenvalue weighted by atomic mass is 9.84. The number of alkyl halides is 3. The predicted molar refractivity (Wildman–Crippen MR) is 75.6 cm³/mol. The molecule has 0 aliphatic rings. The third-order valence-corrected chi connectivity index (χ3v) is 3.47. The highest BCUT2D eigenvalue weighted by molar-refractivity contribution is 6.30. The van der Waals surface area contributed by atoms with Crippen molar-refractivity contribution in [2.45, 2.75) is 32.0 Å². The van der Waals surface area contributed by atoms with Gasteiger partial charge in [-0.2, -0.15) is 18.2 Å². The molecule has 9 heteroatoms. The van der Waals surface area contributed by atoms with Crippen LogP contribution in [0.25, 0.3) is 0 Å². The summed E-state index contributed by atoms with van der Waals surface area (Å²) in [5.74, 6) is -2.12. The first kappa shape index (κ1) is 17.3. The van der Waals surface area contributed by atoms with Crippen LogP contribution in [-0.4, -0.2) is 16.0 Å². The standard InChI is InChI=1S/C14H13ClF3N3O2/c1-13(2,8-4-3-5-9(15)6-8)12(22)19-7-10-20-11(21-23-10)14(16,17)18/h3-6H,7H2,1-2H3,(H,19,22). The lowest BCUT2D eigenvalue weighted by Gasteiger charge is -2.24. The molecule has 2 rings (SSSR count). The summed E-state index contributed by atoms with van der Waals surface area (Å²) in [6, 6.07) is 6.77. The second-order valence-electron chi connectivity index (χ2n) is 5.33. The van der Waals surface area contributed by atoms with E-state index in [2.05, 4.69) is 20.0 Å². The smallest absolute Gasteiger partial charge is 0.346 e. The van der Waals surface area contributed by atoms with Gasteiger partial charge < -0.3 is 9.84 Å². The molecule has 1 aromatic heterocycles. The Morgan fingerprint density at radius 3 is 2.61 bits per heavy atom. The molecule has 0 saturated heterocycles. The number of amides is 1. The summed E-state index contributed by atoms with van der Waals surface area (Å²) in [5.41, 5.74) is -0.262. The van der Waals surface area contributed by atoms with Gasteiger partial charge in [-0.25, -0.2) is 0 Å². The highest BCUT2D eigenvalue weighted by Gasteiger charge is 2.37. The first-order chi connectivity index (χ1) is 10.6. The zero-order valence-electron chi connectivity index (χ0n) is 12.2. The Kier molecular flexibility index (Phi) is 4.65. The quantitative estimate of drug-likeness (QED) is 0.921. The molecule has 0 spiro atoms. The van der Waals surface area contributed by atoms with Crippen molar-refractivity contribution in [1.82, 2.24) is 15.5 Å². The van der Waals surface area contributed by atoms with Gasteiger partial charge >= 0.3 is 6.18 Å². The van der Waals surface area contributed by atoms with Gasteiger partial charge in [0.15, 0.2) is 0 Å². The number of aromatic nitrogens is 2. The molecule has 23 heavy (non-hydrogen) atoms. The maximum atomic E-state index is 12.4. The number of benzene rings is 1. The van der Waals surface area contributed by atoms with Crippen LogP contribution in [0.4, 0.5) is 13.2 Å². The van der Waals surface area contributed by atoms with Crippen LogP contribution in [0, 0.1) is 0 Å². The van der Waals surface area contributed by atoms with E-state index in [1.807, 2.05) is 0 Å². The highest BCUT2D eigenvalue weighted by Crippen LogP contribution is 2.27. The second kappa shape index (κ2) is 6.19. The van der Waals surface area contributed by atoms with Crippen LogP contribution in [0.5, 0.6) is 0 Å². The van der Waals surface area contributed by atoms with Crippen LogP contribution >= 0.6 is 11.6 Å². The Bertz CT molecular complexity index is 713. The molecule has 0 fully saturated rings. The summed E-state index contributed by atoms with van der Waals surface area (Å²) in [5, 5.41) is 5.78. The van der Waals surface area contributed by atoms with E-state index in [-0.39, 0.29) is 12.4 Å². The number of nitrogens with one attached hydrogen (secondary N) is 1. The lowest BCUT2D eigenvalue weighted by molar-refractivity contribution is -0.146. The number of carbonyl (C=O) groups excluding carboxylic acids is 1. The molecule has 0 aliphatic heterocycles. The van der Waals surface area contributed by atoms with E-state index in [9.17, 15) is 18.0 Å². The Morgan fingerprint density at radius 1 is 1.35 bits per heavy atom. The van der Waals surface area contributed by atoms with E-state index < -0.39 is 23.3 Å². The molecule has 1 heterocycles. The minimum absolute atomic E-state index is 0.300. The van der Waals surface area contributed by atoms with Crippen LogP contribution in [0.3, 0.4) is 0 Å². The van der Waals surface area contributed by atoms with Crippen molar-refractivity contribution in [2.24, 2.45) is 0 Å². The maximum absolute atomic E-state index is 12.4. The molecule has 5 nitrogen and oxygen atoms in total. The Balaban J connectivity index is 2.05. The molecular weight excluding hydrogens is 335 g/mol. The van der Waals surface area contributed by atoms with Gasteiger partial charge in [0.1, 0.15) is 0 Å². The number of rotatable bonds is 4. The molecule has 124 valence electrons. The van der Waals surface area contributed by atoms with Crippen molar-refractivity contribution >= 4 is 17.5 Å². The van der Waals surface area contributed by atoms with Gasteiger partial charge in [-0.05, 0) is 31.5 Å². The summed E-state index contributed by atoms with van der Waals surface area (Å²) >= 11 is 5.90. The number of hydrogen-bond donors (Lipinski definition) is 1. The lowest BCUT2D eigenvalue weighted by Crippen LogP contribution is -2.39. The minimum Gasteiger partial charge on any atom is -0.346 e. The van der Waals surface area contributed by atoms with E-state index in [0.29, 0.717) is 10.6 Å². The second-order valence-corrected chi connectivity index (χ2v) is 5.76. The topological polar surface area (TPSA) is 68.0 Å². The SMILES string of the molecule is CC(C)(C(=O)NCc1nc(C(F)(F)F)no1)c1cccc(Cl)c1. The van der Waals surface area contributed by atoms with E-state index in [1.165, 1.54) is 0 Å². The third-order valence-electron chi connectivity index (χ3n) is 3.24. The molecule has 0 unspecified atom stereocenters. The minimum atomic E-state index is -4.69. The van der Waals surface area contributed by atoms with Crippen molar-refractivity contribution in [2.75, 3.05) is 0 Å². The summed E-state index contributed by atoms with van der Waals surface area (Å²) in [4.78, 5) is 15.5. The first-order valence-electron chi connectivity index (χ1n) is 6.55. The molecule has 0 saturated carbocycles. The fourth-order valence-corrected chi connectivity index (χ4v) is 2.02. The Labute approximate surface area is 134 Å². The van der Waals surface area contributed by atoms with Crippen LogP contribution in [-0.2, 0) is 22.9 Å². The van der Waals surface area contributed by atoms with E-state index in [1.54, 1.807) is 38.1 Å². The normalized spacial score (nSPS) is 12.3. The number of hydrogen-bond acceptors (Lipinski definition) is 4. The molecule has 0 bridgehead atoms. The van der Waals surface area contributed by atoms with Gasteiger partial charge in [-0.1, -0.05) is 28.9 Å². The van der Waals surface area contributed by atoms with Crippen molar-refractivity contribution in [3.05, 3.63) is 46.6 Å². The van der Waals surface area contributed by atoms with E-state index >= 15 is 0 Å². The summed E-state index contributed by atoms with van der Waals surface area (Å²) in [6.45, 7) is 3.04. The molecular formula is C14H13ClF3N3O2. The predicted octanol–water partition coefficient (Wildman–Crippen LogP) is 3.34. The summed E-state index contributed by atoms with van der Waals surface area (Å²) < 4.78 is 41.6. The van der Waals surface area contributed by atoms with Crippen molar-refractivity contribution in [3.63, 3.8) is 0 Å². The first-order valence-corrected chi connectivity index (χ1v) is 6.92. The van der Waals surface area contributed by atoms with Crippen molar-refractivity contribution < 1.29 is 22.5 Å². The van der Waals surface area contributed by atoms with Gasteiger partial charge in [0.2, 0.25) is 11.8 Å². The average Bonchev–Trinajstić information content (AvgIpc) is 2.93. The van der Waals surface area contributed by atoms with Crippen LogP contribution in [0.15, 0.2) is 28.8 Å². The largest absolute Gasteiger partial charge is 0.455 e. The van der Waals surface area contributed by atoms with E-state index in [0.717, 1.165) is 0 Å². The van der Waals surface area contributed by atoms with Gasteiger partial charge in [-0.3, -0.25) is 4.79 Å². The third kappa shape index (κ3) is 4.01. The number of nitrogens with zero attached hydrogens (tertiary/aromatic N) is 2. The van der Waals surface area contributed by atoms with Crippen LogP contribution in [0.2, 0.25) is 5.02 Å². The maximum Gasteiger partial charge on any atom is 0.455 e. The van der Waals surface area contributed by atoms with Gasteiger partial charge in [0.25, 0.3) is 5.82 Å². The Morgan fingerprint density at radius 2 is 2.04 bits per heavy atom. The van der Waals surface area contributed by atoms with Gasteiger partial charge in [-0.15, -0.1) is 0 Å². The molecule has 1 aromatic carbocycles. The zero-order valence-corrected chi connectivity index (χ0v) is 13.0. The molecule has 0 atom stereocenters. The van der Waals surface area contributed by atoms with Crippen LogP contribution < -0.4 is 5.32 Å². The number of carbonyl (C=O) groups is 1. The molecule has 1 N–H and O–H groups in total. The summed E-state index contributed by atoms with van der Waals surface area (Å²) in [7, 11) is 0. The molecule has 0 aliphatic carbocycles. The highest BCUT2D eigenvalue weighted by atomic mass is 35.5. The van der Waals surface area contributed by atoms with Crippen LogP contribution in [0.1, 0.15) is 31.1 Å². The molecule has 2 aromatic rings. The summed E-state index contributed by atoms with van der Waals surface area (Å²) in [6.07, 6.45) is -4.69.